The third kappa shape index (κ3) is 2.25. The van der Waals surface area contributed by atoms with Crippen molar-refractivity contribution in [1.29, 1.82) is 0 Å². The molecule has 124 valence electrons. The van der Waals surface area contributed by atoms with Crippen molar-refractivity contribution in [2.45, 2.75) is 33.6 Å². The molecule has 1 aromatic carbocycles. The van der Waals surface area contributed by atoms with Crippen LogP contribution in [0.5, 0.6) is 0 Å². The average Bonchev–Trinajstić information content (AvgIpc) is 3.17. The van der Waals surface area contributed by atoms with Gasteiger partial charge in [0.15, 0.2) is 5.58 Å². The smallest absolute Gasteiger partial charge is 0.227 e. The van der Waals surface area contributed by atoms with Crippen molar-refractivity contribution in [3.63, 3.8) is 0 Å². The summed E-state index contributed by atoms with van der Waals surface area (Å²) in [6.45, 7) is 10.5. The number of hydrogen-bond acceptors (Lipinski definition) is 4. The van der Waals surface area contributed by atoms with Gasteiger partial charge in [-0.25, -0.2) is 4.98 Å². The minimum absolute atomic E-state index is 0.392. The van der Waals surface area contributed by atoms with E-state index in [4.69, 9.17) is 9.40 Å². The van der Waals surface area contributed by atoms with E-state index < -0.39 is 0 Å². The second-order valence-corrected chi connectivity index (χ2v) is 6.77. The monoisotopic (exact) mass is 321 g/mol. The standard InChI is InChI=1S/C20H23N3O/c1-5-22-10-11-23(12-22)18-14(4)6-7-15-16-8-9-17(13(2)3)21-20(16)24-19(15)18/h6-11,13H,5,12H2,1-4H3. The first-order valence-corrected chi connectivity index (χ1v) is 8.60. The molecule has 3 heterocycles. The molecule has 0 atom stereocenters. The fraction of sp³-hybridized carbons (Fsp3) is 0.350. The second kappa shape index (κ2) is 5.55. The topological polar surface area (TPSA) is 32.5 Å². The molecule has 4 rings (SSSR count). The lowest BCUT2D eigenvalue weighted by Gasteiger charge is -2.21. The summed E-state index contributed by atoms with van der Waals surface area (Å²) in [4.78, 5) is 9.26. The fourth-order valence-electron chi connectivity index (χ4n) is 3.31. The molecule has 0 N–H and O–H groups in total. The van der Waals surface area contributed by atoms with Crippen LogP contribution in [-0.4, -0.2) is 23.1 Å². The average molecular weight is 321 g/mol. The number of hydrogen-bond donors (Lipinski definition) is 0. The molecule has 4 nitrogen and oxygen atoms in total. The number of anilines is 1. The van der Waals surface area contributed by atoms with Gasteiger partial charge in [-0.1, -0.05) is 26.0 Å². The van der Waals surface area contributed by atoms with Gasteiger partial charge >= 0.3 is 0 Å². The van der Waals surface area contributed by atoms with Gasteiger partial charge in [0.05, 0.1) is 12.4 Å². The number of fused-ring (bicyclic) bond motifs is 3. The van der Waals surface area contributed by atoms with Crippen molar-refractivity contribution in [1.82, 2.24) is 9.88 Å². The van der Waals surface area contributed by atoms with E-state index in [1.807, 2.05) is 0 Å². The number of furan rings is 1. The lowest BCUT2D eigenvalue weighted by atomic mass is 10.1. The minimum atomic E-state index is 0.392. The van der Waals surface area contributed by atoms with Gasteiger partial charge in [-0.2, -0.15) is 0 Å². The molecule has 0 spiro atoms. The van der Waals surface area contributed by atoms with Crippen LogP contribution in [0.2, 0.25) is 0 Å². The summed E-state index contributed by atoms with van der Waals surface area (Å²) in [6.07, 6.45) is 4.27. The Morgan fingerprint density at radius 2 is 1.92 bits per heavy atom. The molecule has 2 aromatic heterocycles. The minimum Gasteiger partial charge on any atom is -0.435 e. The van der Waals surface area contributed by atoms with Crippen LogP contribution < -0.4 is 4.90 Å². The van der Waals surface area contributed by atoms with E-state index >= 15 is 0 Å². The van der Waals surface area contributed by atoms with Crippen LogP contribution in [0.3, 0.4) is 0 Å². The number of aromatic nitrogens is 1. The normalized spacial score (nSPS) is 14.7. The molecule has 1 aliphatic heterocycles. The Morgan fingerprint density at radius 1 is 1.12 bits per heavy atom. The molecule has 4 heteroatoms. The van der Waals surface area contributed by atoms with Crippen LogP contribution in [0.4, 0.5) is 5.69 Å². The van der Waals surface area contributed by atoms with Gasteiger partial charge in [-0.05, 0) is 37.5 Å². The summed E-state index contributed by atoms with van der Waals surface area (Å²) in [7, 11) is 0. The van der Waals surface area contributed by atoms with Crippen LogP contribution in [0.15, 0.2) is 41.1 Å². The summed E-state index contributed by atoms with van der Waals surface area (Å²) < 4.78 is 6.23. The van der Waals surface area contributed by atoms with Gasteiger partial charge in [0.2, 0.25) is 5.71 Å². The molecular weight excluding hydrogens is 298 g/mol. The van der Waals surface area contributed by atoms with Crippen LogP contribution in [0, 0.1) is 6.92 Å². The van der Waals surface area contributed by atoms with Crippen molar-refractivity contribution >= 4 is 27.8 Å². The second-order valence-electron chi connectivity index (χ2n) is 6.77. The molecule has 0 fully saturated rings. The molecule has 0 amide bonds. The highest BCUT2D eigenvalue weighted by molar-refractivity contribution is 6.08. The van der Waals surface area contributed by atoms with Crippen molar-refractivity contribution in [3.05, 3.63) is 47.9 Å². The van der Waals surface area contributed by atoms with Gasteiger partial charge in [-0.15, -0.1) is 0 Å². The van der Waals surface area contributed by atoms with E-state index in [-0.39, 0.29) is 0 Å². The molecule has 0 bridgehead atoms. The molecule has 0 radical (unpaired) electrons. The Kier molecular flexibility index (Phi) is 3.48. The SMILES string of the molecule is CCN1C=CN(c2c(C)ccc3c2oc2nc(C(C)C)ccc23)C1. The third-order valence-corrected chi connectivity index (χ3v) is 4.78. The van der Waals surface area contributed by atoms with E-state index in [0.29, 0.717) is 5.92 Å². The summed E-state index contributed by atoms with van der Waals surface area (Å²) in [5.41, 5.74) is 5.09. The maximum Gasteiger partial charge on any atom is 0.227 e. The molecule has 0 unspecified atom stereocenters. The molecular formula is C20H23N3O. The van der Waals surface area contributed by atoms with Crippen LogP contribution >= 0.6 is 0 Å². The Bertz CT molecular complexity index is 939. The van der Waals surface area contributed by atoms with Gasteiger partial charge < -0.3 is 14.2 Å². The molecule has 1 aliphatic rings. The van der Waals surface area contributed by atoms with Crippen molar-refractivity contribution in [2.75, 3.05) is 18.1 Å². The van der Waals surface area contributed by atoms with Gasteiger partial charge in [0.25, 0.3) is 0 Å². The molecule has 0 saturated carbocycles. The number of rotatable bonds is 3. The first-order chi connectivity index (χ1) is 11.6. The van der Waals surface area contributed by atoms with Crippen molar-refractivity contribution < 1.29 is 4.42 Å². The quantitative estimate of drug-likeness (QED) is 0.681. The first kappa shape index (κ1) is 15.1. The maximum absolute atomic E-state index is 6.23. The Morgan fingerprint density at radius 3 is 2.62 bits per heavy atom. The summed E-state index contributed by atoms with van der Waals surface area (Å²) in [5.74, 6) is 0.392. The lowest BCUT2D eigenvalue weighted by molar-refractivity contribution is 0.429. The van der Waals surface area contributed by atoms with Crippen LogP contribution in [-0.2, 0) is 0 Å². The number of benzene rings is 1. The highest BCUT2D eigenvalue weighted by atomic mass is 16.3. The molecule has 3 aromatic rings. The number of aryl methyl sites for hydroxylation is 1. The van der Waals surface area contributed by atoms with E-state index in [2.05, 4.69) is 74.2 Å². The molecule has 0 saturated heterocycles. The zero-order valence-electron chi connectivity index (χ0n) is 14.7. The number of pyridine rings is 1. The zero-order valence-corrected chi connectivity index (χ0v) is 14.7. The summed E-state index contributed by atoms with van der Waals surface area (Å²) in [5, 5.41) is 2.22. The van der Waals surface area contributed by atoms with Crippen molar-refractivity contribution in [2.24, 2.45) is 0 Å². The first-order valence-electron chi connectivity index (χ1n) is 8.60. The van der Waals surface area contributed by atoms with E-state index in [1.54, 1.807) is 0 Å². The lowest BCUT2D eigenvalue weighted by Crippen LogP contribution is -2.25. The largest absolute Gasteiger partial charge is 0.435 e. The Balaban J connectivity index is 1.92. The predicted molar refractivity (Wildman–Crippen MR) is 99.2 cm³/mol. The van der Waals surface area contributed by atoms with E-state index in [1.165, 1.54) is 5.56 Å². The highest BCUT2D eigenvalue weighted by Crippen LogP contribution is 2.38. The Labute approximate surface area is 142 Å². The molecule has 0 aliphatic carbocycles. The zero-order chi connectivity index (χ0) is 16.8. The van der Waals surface area contributed by atoms with Crippen LogP contribution in [0.25, 0.3) is 22.1 Å². The van der Waals surface area contributed by atoms with Gasteiger partial charge in [0.1, 0.15) is 0 Å². The summed E-state index contributed by atoms with van der Waals surface area (Å²) >= 11 is 0. The Hall–Kier alpha value is -2.49. The highest BCUT2D eigenvalue weighted by Gasteiger charge is 2.21. The fourth-order valence-corrected chi connectivity index (χ4v) is 3.31. The van der Waals surface area contributed by atoms with Gasteiger partial charge in [-0.3, -0.25) is 0 Å². The maximum atomic E-state index is 6.23. The number of nitrogens with zero attached hydrogens (tertiary/aromatic N) is 3. The van der Waals surface area contributed by atoms with E-state index in [0.717, 1.165) is 46.7 Å². The van der Waals surface area contributed by atoms with Gasteiger partial charge in [0, 0.05) is 35.4 Å². The van der Waals surface area contributed by atoms with E-state index in [9.17, 15) is 0 Å². The summed E-state index contributed by atoms with van der Waals surface area (Å²) in [6, 6.07) is 8.57. The van der Waals surface area contributed by atoms with Crippen molar-refractivity contribution in [3.8, 4) is 0 Å². The predicted octanol–water partition coefficient (Wildman–Crippen LogP) is 4.98. The third-order valence-electron chi connectivity index (χ3n) is 4.78. The molecule has 24 heavy (non-hydrogen) atoms. The van der Waals surface area contributed by atoms with Crippen LogP contribution in [0.1, 0.15) is 37.9 Å².